The highest BCUT2D eigenvalue weighted by Gasteiger charge is 2.28. The molecule has 8 nitrogen and oxygen atoms in total. The molecule has 1 aliphatic heterocycles. The lowest BCUT2D eigenvalue weighted by atomic mass is 9.93. The number of aryl methyl sites for hydroxylation is 1. The van der Waals surface area contributed by atoms with Crippen LogP contribution in [-0.2, 0) is 25.9 Å². The Morgan fingerprint density at radius 2 is 1.75 bits per heavy atom. The number of rotatable bonds is 14. The van der Waals surface area contributed by atoms with Crippen LogP contribution in [0, 0.1) is 6.92 Å². The van der Waals surface area contributed by atoms with Gasteiger partial charge in [-0.25, -0.2) is 13.2 Å². The van der Waals surface area contributed by atoms with Crippen LogP contribution in [0.4, 0.5) is 0 Å². The van der Waals surface area contributed by atoms with Gasteiger partial charge in [0.15, 0.2) is 0 Å². The Hall–Kier alpha value is -2.05. The first-order valence-electron chi connectivity index (χ1n) is 17.1. The Balaban J connectivity index is 0.000000901. The second kappa shape index (κ2) is 21.9. The number of hydrogen-bond acceptors (Lipinski definition) is 8. The minimum atomic E-state index is -3.37. The minimum absolute atomic E-state index is 0.197. The first kappa shape index (κ1) is 42.1. The van der Waals surface area contributed by atoms with E-state index < -0.39 is 27.8 Å². The van der Waals surface area contributed by atoms with Gasteiger partial charge in [-0.15, -0.1) is 0 Å². The van der Waals surface area contributed by atoms with E-state index in [4.69, 9.17) is 4.74 Å². The summed E-state index contributed by atoms with van der Waals surface area (Å²) in [6, 6.07) is 12.6. The van der Waals surface area contributed by atoms with Gasteiger partial charge >= 0.3 is 5.97 Å². The third kappa shape index (κ3) is 14.4. The fourth-order valence-electron chi connectivity index (χ4n) is 5.98. The zero-order chi connectivity index (χ0) is 35.7. The van der Waals surface area contributed by atoms with Crippen molar-refractivity contribution < 1.29 is 27.9 Å². The molecule has 0 radical (unpaired) electrons. The standard InChI is InChI=1S/C31H42N2O6S.C5H12S.CH4S/c1-22-9-6-7-13-26(22)28-19-23(20-33-17-8-10-24(33)21-39-25-11-4-3-5-12-25)14-15-27(28)30(34)32-29(31(35)36)16-18-40(2,37)38;1-4-5(2)6-3;1-2/h6-7,9,13-15,19,24-25,29H,3-5,8,10-12,16-18,20-21H2,1-2H3,(H,32,34)(H,35,36);5H,4H2,1-3H3;2H,1H3/t24-,29?;;/m0../s1. The lowest BCUT2D eigenvalue weighted by Gasteiger charge is -2.28. The molecule has 48 heavy (non-hydrogen) atoms. The van der Waals surface area contributed by atoms with Crippen LogP contribution in [0.25, 0.3) is 11.1 Å². The molecule has 2 aromatic rings. The zero-order valence-corrected chi connectivity index (χ0v) is 32.3. The summed E-state index contributed by atoms with van der Waals surface area (Å²) in [6.45, 7) is 8.92. The van der Waals surface area contributed by atoms with Gasteiger partial charge in [-0.2, -0.15) is 24.4 Å². The molecule has 4 rings (SSSR count). The molecule has 0 bridgehead atoms. The highest BCUT2D eigenvalue weighted by atomic mass is 32.2. The monoisotopic (exact) mass is 722 g/mol. The summed E-state index contributed by atoms with van der Waals surface area (Å²) in [5.41, 5.74) is 4.07. The van der Waals surface area contributed by atoms with E-state index in [1.54, 1.807) is 12.3 Å². The number of benzene rings is 2. The predicted octanol–water partition coefficient (Wildman–Crippen LogP) is 7.29. The molecule has 2 aromatic carbocycles. The number of carbonyl (C=O) groups excluding carboxylic acids is 1. The number of sulfone groups is 1. The topological polar surface area (TPSA) is 113 Å². The van der Waals surface area contributed by atoms with Crippen molar-refractivity contribution in [1.29, 1.82) is 0 Å². The van der Waals surface area contributed by atoms with E-state index in [-0.39, 0.29) is 12.2 Å². The largest absolute Gasteiger partial charge is 0.480 e. The van der Waals surface area contributed by atoms with Crippen LogP contribution in [0.15, 0.2) is 42.5 Å². The zero-order valence-electron chi connectivity index (χ0n) is 29.7. The van der Waals surface area contributed by atoms with Crippen molar-refractivity contribution in [3.63, 3.8) is 0 Å². The summed E-state index contributed by atoms with van der Waals surface area (Å²) >= 11 is 5.45. The summed E-state index contributed by atoms with van der Waals surface area (Å²) in [7, 11) is -3.37. The van der Waals surface area contributed by atoms with E-state index in [0.29, 0.717) is 17.7 Å². The Bertz CT molecular complexity index is 1380. The van der Waals surface area contributed by atoms with Crippen molar-refractivity contribution in [3.8, 4) is 11.1 Å². The van der Waals surface area contributed by atoms with E-state index in [1.807, 2.05) is 55.1 Å². The Kier molecular flexibility index (Phi) is 19.2. The van der Waals surface area contributed by atoms with Crippen LogP contribution in [0.3, 0.4) is 0 Å². The van der Waals surface area contributed by atoms with E-state index in [1.165, 1.54) is 25.7 Å². The van der Waals surface area contributed by atoms with Gasteiger partial charge in [0.05, 0.1) is 18.5 Å². The molecule has 0 aromatic heterocycles. The number of nitrogens with one attached hydrogen (secondary N) is 1. The molecule has 270 valence electrons. The first-order valence-corrected chi connectivity index (χ1v) is 21.4. The maximum atomic E-state index is 13.4. The number of carboxylic acid groups (broad SMARTS) is 1. The molecule has 3 atom stereocenters. The van der Waals surface area contributed by atoms with Crippen molar-refractivity contribution in [2.75, 3.05) is 37.7 Å². The summed E-state index contributed by atoms with van der Waals surface area (Å²) in [5, 5.41) is 13.0. The molecular weight excluding hydrogens is 665 g/mol. The van der Waals surface area contributed by atoms with Gasteiger partial charge in [-0.1, -0.05) is 63.4 Å². The fraction of sp³-hybridized carbons (Fsp3) is 0.622. The van der Waals surface area contributed by atoms with Crippen LogP contribution in [0.5, 0.6) is 0 Å². The number of hydrogen-bond donors (Lipinski definition) is 3. The molecule has 1 aliphatic carbocycles. The van der Waals surface area contributed by atoms with E-state index >= 15 is 0 Å². The van der Waals surface area contributed by atoms with Crippen LogP contribution in [0.2, 0.25) is 0 Å². The van der Waals surface area contributed by atoms with Gasteiger partial charge in [-0.05, 0) is 98.9 Å². The Labute approximate surface area is 299 Å². The van der Waals surface area contributed by atoms with E-state index in [9.17, 15) is 23.1 Å². The van der Waals surface area contributed by atoms with Crippen LogP contribution >= 0.6 is 24.4 Å². The molecule has 2 N–H and O–H groups in total. The van der Waals surface area contributed by atoms with Gasteiger partial charge in [0, 0.05) is 29.7 Å². The average Bonchev–Trinajstić information content (AvgIpc) is 3.53. The molecule has 11 heteroatoms. The Morgan fingerprint density at radius 3 is 2.33 bits per heavy atom. The smallest absolute Gasteiger partial charge is 0.326 e. The van der Waals surface area contributed by atoms with Crippen molar-refractivity contribution in [2.24, 2.45) is 0 Å². The van der Waals surface area contributed by atoms with Crippen molar-refractivity contribution in [3.05, 3.63) is 59.2 Å². The third-order valence-electron chi connectivity index (χ3n) is 9.08. The first-order chi connectivity index (χ1) is 22.9. The minimum Gasteiger partial charge on any atom is -0.480 e. The summed E-state index contributed by atoms with van der Waals surface area (Å²) in [4.78, 5) is 27.6. The van der Waals surface area contributed by atoms with Crippen LogP contribution in [-0.4, -0.2) is 91.4 Å². The predicted molar refractivity (Wildman–Crippen MR) is 204 cm³/mol. The summed E-state index contributed by atoms with van der Waals surface area (Å²) < 4.78 is 29.5. The fourth-order valence-corrected chi connectivity index (χ4v) is 6.98. The maximum absolute atomic E-state index is 13.4. The number of carbonyl (C=O) groups is 2. The molecule has 1 saturated heterocycles. The quantitative estimate of drug-likeness (QED) is 0.175. The number of likely N-dealkylation sites (tertiary alicyclic amines) is 1. The van der Waals surface area contributed by atoms with Crippen LogP contribution < -0.4 is 5.32 Å². The molecule has 1 amide bonds. The second-order valence-electron chi connectivity index (χ2n) is 12.8. The third-order valence-corrected chi connectivity index (χ3v) is 11.2. The SMILES string of the molecule is CCC(C)SC.CS.Cc1ccccc1-c1cc(CN2CCC[C@H]2COC2CCCCC2)ccc1C(=O)NC(CCS(C)(=O)=O)C(=O)O. The molecule has 2 aliphatic rings. The molecule has 0 spiro atoms. The lowest BCUT2D eigenvalue weighted by molar-refractivity contribution is -0.139. The molecular formula is C37H58N2O6S3. The number of ether oxygens (including phenoxy) is 1. The van der Waals surface area contributed by atoms with Gasteiger partial charge in [0.1, 0.15) is 15.9 Å². The number of nitrogens with zero attached hydrogens (tertiary/aromatic N) is 1. The van der Waals surface area contributed by atoms with Gasteiger partial charge in [0.25, 0.3) is 5.91 Å². The normalized spacial score (nSPS) is 18.1. The van der Waals surface area contributed by atoms with E-state index in [0.717, 1.165) is 79.1 Å². The molecule has 1 heterocycles. The van der Waals surface area contributed by atoms with Gasteiger partial charge in [-0.3, -0.25) is 9.69 Å². The van der Waals surface area contributed by atoms with Crippen molar-refractivity contribution in [1.82, 2.24) is 10.2 Å². The van der Waals surface area contributed by atoms with Crippen molar-refractivity contribution in [2.45, 2.75) is 109 Å². The maximum Gasteiger partial charge on any atom is 0.326 e. The number of aliphatic carboxylic acids is 1. The molecule has 1 saturated carbocycles. The number of thiol groups is 1. The lowest BCUT2D eigenvalue weighted by Crippen LogP contribution is -2.42. The summed E-state index contributed by atoms with van der Waals surface area (Å²) in [6.07, 6.45) is 14.8. The highest BCUT2D eigenvalue weighted by Crippen LogP contribution is 2.30. The average molecular weight is 723 g/mol. The van der Waals surface area contributed by atoms with Crippen LogP contribution in [0.1, 0.15) is 93.1 Å². The highest BCUT2D eigenvalue weighted by molar-refractivity contribution is 7.99. The Morgan fingerprint density at radius 1 is 1.06 bits per heavy atom. The number of thioether (sulfide) groups is 1. The van der Waals surface area contributed by atoms with Crippen molar-refractivity contribution >= 4 is 46.1 Å². The summed E-state index contributed by atoms with van der Waals surface area (Å²) in [5.74, 6) is -2.12. The van der Waals surface area contributed by atoms with E-state index in [2.05, 4.69) is 42.9 Å². The van der Waals surface area contributed by atoms with Gasteiger partial charge < -0.3 is 15.2 Å². The molecule has 2 fully saturated rings. The number of amides is 1. The number of carboxylic acids is 1. The second-order valence-corrected chi connectivity index (χ2v) is 16.3. The van der Waals surface area contributed by atoms with Gasteiger partial charge in [0.2, 0.25) is 0 Å². The molecule has 2 unspecified atom stereocenters.